The molecule has 1 atom stereocenters. The number of aromatic nitrogens is 2. The normalized spacial score (nSPS) is 23.7. The Hall–Kier alpha value is -1.14. The molecule has 6 heteroatoms. The molecule has 2 aliphatic rings. The van der Waals surface area contributed by atoms with Crippen LogP contribution >= 0.6 is 12.2 Å². The molecule has 0 aliphatic carbocycles. The van der Waals surface area contributed by atoms with E-state index in [0.717, 1.165) is 36.7 Å². The SMILES string of the molecule is Cc1nn(C)c(N2CCN3CCCC3C2)c1C(N)=S. The summed E-state index contributed by atoms with van der Waals surface area (Å²) in [6.07, 6.45) is 2.63. The molecule has 2 N–H and O–H groups in total. The minimum absolute atomic E-state index is 0.453. The highest BCUT2D eigenvalue weighted by Crippen LogP contribution is 2.28. The predicted octanol–water partition coefficient (Wildman–Crippen LogP) is 0.647. The summed E-state index contributed by atoms with van der Waals surface area (Å²) in [6, 6.07) is 0.683. The van der Waals surface area contributed by atoms with E-state index in [2.05, 4.69) is 14.9 Å². The van der Waals surface area contributed by atoms with Gasteiger partial charge in [0.2, 0.25) is 0 Å². The molecule has 0 spiro atoms. The Kier molecular flexibility index (Phi) is 3.22. The Morgan fingerprint density at radius 3 is 2.89 bits per heavy atom. The van der Waals surface area contributed by atoms with Crippen molar-refractivity contribution in [3.05, 3.63) is 11.3 Å². The third-order valence-corrected chi connectivity index (χ3v) is 4.53. The Labute approximate surface area is 119 Å². The fraction of sp³-hybridized carbons (Fsp3) is 0.692. The topological polar surface area (TPSA) is 50.3 Å². The molecule has 5 nitrogen and oxygen atoms in total. The molecule has 104 valence electrons. The number of thiocarbonyl (C=S) groups is 1. The quantitative estimate of drug-likeness (QED) is 0.806. The summed E-state index contributed by atoms with van der Waals surface area (Å²) in [4.78, 5) is 5.45. The highest BCUT2D eigenvalue weighted by atomic mass is 32.1. The molecule has 19 heavy (non-hydrogen) atoms. The maximum Gasteiger partial charge on any atom is 0.137 e. The predicted molar refractivity (Wildman–Crippen MR) is 80.6 cm³/mol. The van der Waals surface area contributed by atoms with E-state index in [0.29, 0.717) is 11.0 Å². The lowest BCUT2D eigenvalue weighted by Crippen LogP contribution is -2.51. The minimum Gasteiger partial charge on any atom is -0.389 e. The molecule has 1 aromatic rings. The van der Waals surface area contributed by atoms with E-state index >= 15 is 0 Å². The van der Waals surface area contributed by atoms with Crippen LogP contribution in [0, 0.1) is 6.92 Å². The van der Waals surface area contributed by atoms with E-state index in [-0.39, 0.29) is 0 Å². The second-order valence-electron chi connectivity index (χ2n) is 5.55. The van der Waals surface area contributed by atoms with Gasteiger partial charge in [0.25, 0.3) is 0 Å². The van der Waals surface area contributed by atoms with Crippen LogP contribution < -0.4 is 10.6 Å². The number of nitrogens with zero attached hydrogens (tertiary/aromatic N) is 4. The lowest BCUT2D eigenvalue weighted by Gasteiger charge is -2.38. The molecule has 2 saturated heterocycles. The van der Waals surface area contributed by atoms with Crippen LogP contribution in [0.15, 0.2) is 0 Å². The number of hydrogen-bond acceptors (Lipinski definition) is 4. The van der Waals surface area contributed by atoms with E-state index in [1.165, 1.54) is 19.4 Å². The number of fused-ring (bicyclic) bond motifs is 1. The Morgan fingerprint density at radius 2 is 2.16 bits per heavy atom. The van der Waals surface area contributed by atoms with Gasteiger partial charge in [-0.25, -0.2) is 0 Å². The van der Waals surface area contributed by atoms with Gasteiger partial charge in [-0.15, -0.1) is 0 Å². The zero-order chi connectivity index (χ0) is 13.6. The fourth-order valence-corrected chi connectivity index (χ4v) is 3.72. The van der Waals surface area contributed by atoms with E-state index in [9.17, 15) is 0 Å². The molecule has 0 aromatic carbocycles. The minimum atomic E-state index is 0.453. The van der Waals surface area contributed by atoms with Gasteiger partial charge in [-0.3, -0.25) is 9.58 Å². The van der Waals surface area contributed by atoms with Crippen molar-refractivity contribution in [2.45, 2.75) is 25.8 Å². The van der Waals surface area contributed by atoms with E-state index in [1.54, 1.807) is 0 Å². The average molecular weight is 279 g/mol. The summed E-state index contributed by atoms with van der Waals surface area (Å²) < 4.78 is 1.93. The van der Waals surface area contributed by atoms with Gasteiger partial charge in [-0.2, -0.15) is 5.10 Å². The van der Waals surface area contributed by atoms with Gasteiger partial charge in [0.15, 0.2) is 0 Å². The summed E-state index contributed by atoms with van der Waals surface area (Å²) in [6.45, 7) is 6.46. The first-order valence-corrected chi connectivity index (χ1v) is 7.31. The monoisotopic (exact) mass is 279 g/mol. The van der Waals surface area contributed by atoms with E-state index < -0.39 is 0 Å². The average Bonchev–Trinajstić information content (AvgIpc) is 2.91. The molecule has 0 radical (unpaired) electrons. The molecule has 2 aliphatic heterocycles. The van der Waals surface area contributed by atoms with Crippen LogP contribution in [-0.4, -0.2) is 51.9 Å². The lowest BCUT2D eigenvalue weighted by atomic mass is 10.1. The third-order valence-electron chi connectivity index (χ3n) is 4.33. The van der Waals surface area contributed by atoms with Gasteiger partial charge in [0.1, 0.15) is 10.8 Å². The Morgan fingerprint density at radius 1 is 1.37 bits per heavy atom. The number of aryl methyl sites for hydroxylation is 2. The highest BCUT2D eigenvalue weighted by molar-refractivity contribution is 7.80. The molecule has 3 rings (SSSR count). The zero-order valence-electron chi connectivity index (χ0n) is 11.6. The summed E-state index contributed by atoms with van der Waals surface area (Å²) in [5.41, 5.74) is 7.76. The highest BCUT2D eigenvalue weighted by Gasteiger charge is 2.33. The summed E-state index contributed by atoms with van der Waals surface area (Å²) in [7, 11) is 1.98. The molecule has 1 aromatic heterocycles. The third kappa shape index (κ3) is 2.12. The number of rotatable bonds is 2. The van der Waals surface area contributed by atoms with E-state index in [1.807, 2.05) is 18.7 Å². The van der Waals surface area contributed by atoms with Gasteiger partial charge >= 0.3 is 0 Å². The molecule has 0 bridgehead atoms. The van der Waals surface area contributed by atoms with Crippen LogP contribution in [0.3, 0.4) is 0 Å². The first kappa shape index (κ1) is 12.9. The fourth-order valence-electron chi connectivity index (χ4n) is 3.48. The van der Waals surface area contributed by atoms with Gasteiger partial charge in [-0.05, 0) is 26.3 Å². The lowest BCUT2D eigenvalue weighted by molar-refractivity contribution is 0.229. The number of piperazine rings is 1. The van der Waals surface area contributed by atoms with Crippen molar-refractivity contribution in [3.8, 4) is 0 Å². The maximum absolute atomic E-state index is 5.88. The number of hydrogen-bond donors (Lipinski definition) is 1. The second kappa shape index (κ2) is 4.76. The Bertz CT molecular complexity index is 509. The van der Waals surface area contributed by atoms with E-state index in [4.69, 9.17) is 18.0 Å². The summed E-state index contributed by atoms with van der Waals surface area (Å²) in [5.74, 6) is 1.09. The van der Waals surface area contributed by atoms with Gasteiger partial charge in [-0.1, -0.05) is 12.2 Å². The van der Waals surface area contributed by atoms with Crippen LogP contribution in [0.4, 0.5) is 5.82 Å². The van der Waals surface area contributed by atoms with Crippen molar-refractivity contribution in [1.82, 2.24) is 14.7 Å². The molecular weight excluding hydrogens is 258 g/mol. The van der Waals surface area contributed by atoms with Crippen molar-refractivity contribution in [1.29, 1.82) is 0 Å². The standard InChI is InChI=1S/C13H21N5S/c1-9-11(12(14)19)13(16(2)15-9)18-7-6-17-5-3-4-10(17)8-18/h10H,3-8H2,1-2H3,(H2,14,19). The smallest absolute Gasteiger partial charge is 0.137 e. The molecule has 3 heterocycles. The second-order valence-corrected chi connectivity index (χ2v) is 5.99. The van der Waals surface area contributed by atoms with Crippen LogP contribution in [0.25, 0.3) is 0 Å². The Balaban J connectivity index is 1.92. The first-order valence-electron chi connectivity index (χ1n) is 6.90. The number of nitrogens with two attached hydrogens (primary N) is 1. The number of anilines is 1. The van der Waals surface area contributed by atoms with Crippen molar-refractivity contribution < 1.29 is 0 Å². The molecule has 0 saturated carbocycles. The van der Waals surface area contributed by atoms with Crippen molar-refractivity contribution >= 4 is 23.0 Å². The summed E-state index contributed by atoms with van der Waals surface area (Å²) in [5, 5.41) is 4.49. The van der Waals surface area contributed by atoms with Crippen molar-refractivity contribution in [3.63, 3.8) is 0 Å². The van der Waals surface area contributed by atoms with Crippen molar-refractivity contribution in [2.24, 2.45) is 12.8 Å². The summed E-state index contributed by atoms with van der Waals surface area (Å²) >= 11 is 5.20. The first-order chi connectivity index (χ1) is 9.08. The zero-order valence-corrected chi connectivity index (χ0v) is 12.4. The molecule has 0 amide bonds. The largest absolute Gasteiger partial charge is 0.389 e. The van der Waals surface area contributed by atoms with Crippen LogP contribution in [0.2, 0.25) is 0 Å². The van der Waals surface area contributed by atoms with Gasteiger partial charge in [0, 0.05) is 32.7 Å². The van der Waals surface area contributed by atoms with Crippen molar-refractivity contribution in [2.75, 3.05) is 31.1 Å². The van der Waals surface area contributed by atoms with Gasteiger partial charge in [0.05, 0.1) is 11.3 Å². The molecular formula is C13H21N5S. The molecule has 2 fully saturated rings. The van der Waals surface area contributed by atoms with Crippen LogP contribution in [0.5, 0.6) is 0 Å². The molecule has 1 unspecified atom stereocenters. The maximum atomic E-state index is 5.88. The van der Waals surface area contributed by atoms with Gasteiger partial charge < -0.3 is 10.6 Å². The van der Waals surface area contributed by atoms with Crippen LogP contribution in [0.1, 0.15) is 24.1 Å². The van der Waals surface area contributed by atoms with Crippen LogP contribution in [-0.2, 0) is 7.05 Å².